The van der Waals surface area contributed by atoms with Gasteiger partial charge in [-0.2, -0.15) is 0 Å². The van der Waals surface area contributed by atoms with Crippen LogP contribution in [0.3, 0.4) is 0 Å². The monoisotopic (exact) mass is 291 g/mol. The summed E-state index contributed by atoms with van der Waals surface area (Å²) in [5.41, 5.74) is 5.01. The van der Waals surface area contributed by atoms with Crippen LogP contribution >= 0.6 is 15.9 Å². The third-order valence-corrected chi connectivity index (χ3v) is 2.80. The molecule has 0 unspecified atom stereocenters. The molecule has 0 amide bonds. The molecule has 0 atom stereocenters. The molecule has 6 heteroatoms. The summed E-state index contributed by atoms with van der Waals surface area (Å²) in [6, 6.07) is 0.962. The topological polar surface area (TPSA) is 72.5 Å². The van der Waals surface area contributed by atoms with E-state index < -0.39 is 11.6 Å². The molecule has 0 heterocycles. The van der Waals surface area contributed by atoms with E-state index in [9.17, 15) is 14.3 Å². The Morgan fingerprint density at radius 1 is 1.69 bits per heavy atom. The number of benzene rings is 1. The summed E-state index contributed by atoms with van der Waals surface area (Å²) in [6.07, 6.45) is 0.0152. The van der Waals surface area contributed by atoms with Crippen molar-refractivity contribution in [2.45, 2.75) is 6.42 Å². The van der Waals surface area contributed by atoms with Gasteiger partial charge in [0.1, 0.15) is 5.82 Å². The molecule has 16 heavy (non-hydrogen) atoms. The van der Waals surface area contributed by atoms with Gasteiger partial charge in [-0.15, -0.1) is 0 Å². The van der Waals surface area contributed by atoms with E-state index in [1.165, 1.54) is 7.11 Å². The number of rotatable bonds is 4. The van der Waals surface area contributed by atoms with Crippen molar-refractivity contribution in [1.29, 1.82) is 0 Å². The number of Topliss-reactive ketones (excluding diaryl/α,β-unsaturated/α-hetero) is 1. The first-order chi connectivity index (χ1) is 7.52. The zero-order valence-electron chi connectivity index (χ0n) is 8.59. The average molecular weight is 292 g/mol. The van der Waals surface area contributed by atoms with Crippen molar-refractivity contribution in [2.75, 3.05) is 13.7 Å². The van der Waals surface area contributed by atoms with Gasteiger partial charge in [0, 0.05) is 12.5 Å². The van der Waals surface area contributed by atoms with Crippen LogP contribution in [-0.4, -0.2) is 24.5 Å². The van der Waals surface area contributed by atoms with Crippen molar-refractivity contribution >= 4 is 21.7 Å². The van der Waals surface area contributed by atoms with Crippen LogP contribution in [0.25, 0.3) is 0 Å². The zero-order chi connectivity index (χ0) is 12.3. The average Bonchev–Trinajstić information content (AvgIpc) is 2.24. The normalized spacial score (nSPS) is 10.2. The number of phenols is 1. The highest BCUT2D eigenvalue weighted by Crippen LogP contribution is 2.38. The SMILES string of the molecule is COc1cc(F)c(C(=O)CCN)c(Br)c1O. The maximum absolute atomic E-state index is 13.6. The number of halogens is 2. The summed E-state index contributed by atoms with van der Waals surface area (Å²) in [4.78, 5) is 11.5. The number of hydrogen-bond donors (Lipinski definition) is 2. The second kappa shape index (κ2) is 5.27. The minimum Gasteiger partial charge on any atom is -0.503 e. The summed E-state index contributed by atoms with van der Waals surface area (Å²) in [6.45, 7) is 0.123. The molecular formula is C10H11BrFNO3. The first-order valence-electron chi connectivity index (χ1n) is 4.51. The Hall–Kier alpha value is -1.14. The van der Waals surface area contributed by atoms with Crippen LogP contribution in [0.1, 0.15) is 16.8 Å². The lowest BCUT2D eigenvalue weighted by Crippen LogP contribution is -2.10. The largest absolute Gasteiger partial charge is 0.503 e. The van der Waals surface area contributed by atoms with Crippen LogP contribution in [0.5, 0.6) is 11.5 Å². The quantitative estimate of drug-likeness (QED) is 0.830. The summed E-state index contributed by atoms with van der Waals surface area (Å²) >= 11 is 2.96. The molecule has 0 aromatic heterocycles. The molecule has 4 nitrogen and oxygen atoms in total. The molecule has 0 fully saturated rings. The summed E-state index contributed by atoms with van der Waals surface area (Å²) in [5, 5.41) is 9.60. The van der Waals surface area contributed by atoms with Crippen molar-refractivity contribution in [3.63, 3.8) is 0 Å². The van der Waals surface area contributed by atoms with Crippen LogP contribution in [-0.2, 0) is 0 Å². The second-order valence-electron chi connectivity index (χ2n) is 3.06. The Balaban J connectivity index is 3.30. The number of phenolic OH excluding ortho intramolecular Hbond substituents is 1. The van der Waals surface area contributed by atoms with Gasteiger partial charge in [-0.25, -0.2) is 4.39 Å². The van der Waals surface area contributed by atoms with Gasteiger partial charge in [0.2, 0.25) is 0 Å². The van der Waals surface area contributed by atoms with Gasteiger partial charge in [0.15, 0.2) is 17.3 Å². The Morgan fingerprint density at radius 2 is 2.31 bits per heavy atom. The molecule has 1 rings (SSSR count). The molecule has 0 bridgehead atoms. The number of carbonyl (C=O) groups excluding carboxylic acids is 1. The Bertz CT molecular complexity index is 423. The maximum atomic E-state index is 13.6. The molecule has 3 N–H and O–H groups in total. The Labute approximate surface area is 100 Å². The first-order valence-corrected chi connectivity index (χ1v) is 5.30. The second-order valence-corrected chi connectivity index (χ2v) is 3.85. The highest BCUT2D eigenvalue weighted by molar-refractivity contribution is 9.10. The van der Waals surface area contributed by atoms with Crippen LogP contribution in [0, 0.1) is 5.82 Å². The third kappa shape index (κ3) is 2.33. The van der Waals surface area contributed by atoms with Gasteiger partial charge in [-0.1, -0.05) is 0 Å². The van der Waals surface area contributed by atoms with Gasteiger partial charge in [-0.05, 0) is 22.5 Å². The molecule has 0 radical (unpaired) electrons. The first kappa shape index (κ1) is 12.9. The van der Waals surface area contributed by atoms with E-state index in [0.29, 0.717) is 0 Å². The predicted molar refractivity (Wildman–Crippen MR) is 60.3 cm³/mol. The lowest BCUT2D eigenvalue weighted by molar-refractivity contribution is 0.0980. The summed E-state index contributed by atoms with van der Waals surface area (Å²) < 4.78 is 18.3. The number of methoxy groups -OCH3 is 1. The summed E-state index contributed by atoms with van der Waals surface area (Å²) in [5.74, 6) is -1.55. The van der Waals surface area contributed by atoms with E-state index in [2.05, 4.69) is 15.9 Å². The van der Waals surface area contributed by atoms with Crippen LogP contribution < -0.4 is 10.5 Å². The molecule has 0 saturated carbocycles. The van der Waals surface area contributed by atoms with E-state index in [0.717, 1.165) is 6.07 Å². The number of aromatic hydroxyl groups is 1. The van der Waals surface area contributed by atoms with Crippen LogP contribution in [0.4, 0.5) is 4.39 Å². The van der Waals surface area contributed by atoms with E-state index >= 15 is 0 Å². The van der Waals surface area contributed by atoms with E-state index in [-0.39, 0.29) is 34.5 Å². The molecule has 0 saturated heterocycles. The smallest absolute Gasteiger partial charge is 0.173 e. The van der Waals surface area contributed by atoms with Crippen molar-refractivity contribution in [3.8, 4) is 11.5 Å². The number of carbonyl (C=O) groups is 1. The lowest BCUT2D eigenvalue weighted by atomic mass is 10.1. The predicted octanol–water partition coefficient (Wildman–Crippen LogP) is 1.83. The third-order valence-electron chi connectivity index (χ3n) is 2.03. The Kier molecular flexibility index (Phi) is 4.26. The van der Waals surface area contributed by atoms with Gasteiger partial charge in [0.05, 0.1) is 17.1 Å². The van der Waals surface area contributed by atoms with Crippen LogP contribution in [0.2, 0.25) is 0 Å². The van der Waals surface area contributed by atoms with Crippen molar-refractivity contribution in [2.24, 2.45) is 5.73 Å². The van der Waals surface area contributed by atoms with Crippen LogP contribution in [0.15, 0.2) is 10.5 Å². The van der Waals surface area contributed by atoms with Crippen molar-refractivity contribution in [1.82, 2.24) is 0 Å². The number of ketones is 1. The molecule has 1 aromatic carbocycles. The maximum Gasteiger partial charge on any atom is 0.173 e. The van der Waals surface area contributed by atoms with Gasteiger partial charge >= 0.3 is 0 Å². The lowest BCUT2D eigenvalue weighted by Gasteiger charge is -2.10. The number of ether oxygens (including phenoxy) is 1. The van der Waals surface area contributed by atoms with Crippen molar-refractivity contribution in [3.05, 3.63) is 21.9 Å². The van der Waals surface area contributed by atoms with Crippen molar-refractivity contribution < 1.29 is 19.0 Å². The molecule has 0 aliphatic carbocycles. The summed E-state index contributed by atoms with van der Waals surface area (Å²) in [7, 11) is 1.29. The fraction of sp³-hybridized carbons (Fsp3) is 0.300. The number of hydrogen-bond acceptors (Lipinski definition) is 4. The van der Waals surface area contributed by atoms with Gasteiger partial charge < -0.3 is 15.6 Å². The van der Waals surface area contributed by atoms with Gasteiger partial charge in [0.25, 0.3) is 0 Å². The van der Waals surface area contributed by atoms with Gasteiger partial charge in [-0.3, -0.25) is 4.79 Å². The Morgan fingerprint density at radius 3 is 2.81 bits per heavy atom. The van der Waals surface area contributed by atoms with E-state index in [1.54, 1.807) is 0 Å². The molecule has 0 aliphatic heterocycles. The number of nitrogens with two attached hydrogens (primary N) is 1. The highest BCUT2D eigenvalue weighted by Gasteiger charge is 2.21. The standard InChI is InChI=1S/C10H11BrFNO3/c1-16-7-4-5(12)8(6(14)2-3-13)9(11)10(7)15/h4,15H,2-3,13H2,1H3. The van der Waals surface area contributed by atoms with E-state index in [1.807, 2.05) is 0 Å². The minimum absolute atomic E-state index is 0.0113. The fourth-order valence-electron chi connectivity index (χ4n) is 1.25. The highest BCUT2D eigenvalue weighted by atomic mass is 79.9. The molecular weight excluding hydrogens is 281 g/mol. The molecule has 0 aliphatic rings. The fourth-order valence-corrected chi connectivity index (χ4v) is 1.86. The zero-order valence-corrected chi connectivity index (χ0v) is 10.2. The molecule has 0 spiro atoms. The van der Waals surface area contributed by atoms with E-state index in [4.69, 9.17) is 10.5 Å². The molecule has 88 valence electrons. The molecule has 1 aromatic rings. The minimum atomic E-state index is -0.750.